The van der Waals surface area contributed by atoms with E-state index in [0.717, 1.165) is 10.0 Å². The molecular formula is C15H14BrN5O2. The molecule has 8 heteroatoms. The molecule has 7 nitrogen and oxygen atoms in total. The standard InChI is InChI=1S/C15H14BrN5O2/c1-3-7-23-14(22)12-9(2)17-15-18-19-20-21(15)13(12)10-5-4-6-11(16)8-10/h3-6,8,13H,1,7H2,2H3,(H,17,18,20). The van der Waals surface area contributed by atoms with E-state index in [4.69, 9.17) is 4.74 Å². The molecule has 2 aromatic rings. The molecule has 0 radical (unpaired) electrons. The number of anilines is 1. The molecule has 2 heterocycles. The van der Waals surface area contributed by atoms with Gasteiger partial charge in [0, 0.05) is 10.2 Å². The van der Waals surface area contributed by atoms with Gasteiger partial charge >= 0.3 is 5.97 Å². The van der Waals surface area contributed by atoms with Gasteiger partial charge in [-0.05, 0) is 35.0 Å². The topological polar surface area (TPSA) is 81.9 Å². The van der Waals surface area contributed by atoms with Gasteiger partial charge in [0.15, 0.2) is 0 Å². The summed E-state index contributed by atoms with van der Waals surface area (Å²) < 4.78 is 7.70. The third-order valence-corrected chi connectivity index (χ3v) is 3.92. The zero-order valence-corrected chi connectivity index (χ0v) is 13.9. The molecule has 0 fully saturated rings. The van der Waals surface area contributed by atoms with Crippen molar-refractivity contribution in [2.75, 3.05) is 11.9 Å². The molecule has 1 aromatic carbocycles. The van der Waals surface area contributed by atoms with Crippen LogP contribution < -0.4 is 5.32 Å². The van der Waals surface area contributed by atoms with E-state index in [-0.39, 0.29) is 6.61 Å². The molecule has 1 aliphatic rings. The van der Waals surface area contributed by atoms with Crippen LogP contribution in [0.3, 0.4) is 0 Å². The molecule has 1 aliphatic heterocycles. The fourth-order valence-electron chi connectivity index (χ4n) is 2.47. The number of nitrogens with zero attached hydrogens (tertiary/aromatic N) is 4. The number of carbonyl (C=O) groups excluding carboxylic acids is 1. The Bertz CT molecular complexity index is 799. The summed E-state index contributed by atoms with van der Waals surface area (Å²) in [6.07, 6.45) is 1.53. The molecule has 1 N–H and O–H groups in total. The molecular weight excluding hydrogens is 362 g/mol. The van der Waals surface area contributed by atoms with Crippen LogP contribution in [-0.2, 0) is 9.53 Å². The molecule has 0 aliphatic carbocycles. The molecule has 118 valence electrons. The molecule has 0 saturated carbocycles. The molecule has 1 aromatic heterocycles. The number of ether oxygens (including phenoxy) is 1. The number of benzene rings is 1. The lowest BCUT2D eigenvalue weighted by molar-refractivity contribution is -0.138. The first-order valence-electron chi connectivity index (χ1n) is 6.91. The number of carbonyl (C=O) groups is 1. The second-order valence-corrected chi connectivity index (χ2v) is 5.87. The molecule has 1 unspecified atom stereocenters. The predicted octanol–water partition coefficient (Wildman–Crippen LogP) is 2.45. The number of fused-ring (bicyclic) bond motifs is 1. The maximum absolute atomic E-state index is 12.5. The highest BCUT2D eigenvalue weighted by atomic mass is 79.9. The van der Waals surface area contributed by atoms with Crippen molar-refractivity contribution >= 4 is 27.8 Å². The summed E-state index contributed by atoms with van der Waals surface area (Å²) in [5.41, 5.74) is 2.00. The molecule has 1 atom stereocenters. The van der Waals surface area contributed by atoms with Gasteiger partial charge in [0.2, 0.25) is 5.95 Å². The summed E-state index contributed by atoms with van der Waals surface area (Å²) in [7, 11) is 0. The summed E-state index contributed by atoms with van der Waals surface area (Å²) in [6.45, 7) is 5.50. The van der Waals surface area contributed by atoms with Gasteiger partial charge in [-0.25, -0.2) is 4.79 Å². The summed E-state index contributed by atoms with van der Waals surface area (Å²) in [5, 5.41) is 14.7. The first kappa shape index (κ1) is 15.4. The van der Waals surface area contributed by atoms with Crippen LogP contribution in [0.1, 0.15) is 18.5 Å². The summed E-state index contributed by atoms with van der Waals surface area (Å²) in [5.74, 6) is 0.0498. The van der Waals surface area contributed by atoms with Gasteiger partial charge in [0.1, 0.15) is 12.6 Å². The van der Waals surface area contributed by atoms with E-state index in [2.05, 4.69) is 43.4 Å². The summed E-state index contributed by atoms with van der Waals surface area (Å²) in [4.78, 5) is 12.5. The lowest BCUT2D eigenvalue weighted by Gasteiger charge is -2.27. The van der Waals surface area contributed by atoms with Crippen molar-refractivity contribution in [2.24, 2.45) is 0 Å². The van der Waals surface area contributed by atoms with E-state index in [1.54, 1.807) is 11.6 Å². The van der Waals surface area contributed by atoms with Crippen LogP contribution >= 0.6 is 15.9 Å². The number of nitrogens with one attached hydrogen (secondary N) is 1. The number of hydrogen-bond acceptors (Lipinski definition) is 6. The van der Waals surface area contributed by atoms with E-state index >= 15 is 0 Å². The van der Waals surface area contributed by atoms with Crippen LogP contribution in [0, 0.1) is 0 Å². The minimum Gasteiger partial charge on any atom is -0.458 e. The number of halogens is 1. The smallest absolute Gasteiger partial charge is 0.338 e. The van der Waals surface area contributed by atoms with Gasteiger partial charge in [-0.1, -0.05) is 45.8 Å². The van der Waals surface area contributed by atoms with Crippen molar-refractivity contribution in [1.29, 1.82) is 0 Å². The number of aromatic nitrogens is 4. The fraction of sp³-hybridized carbons (Fsp3) is 0.200. The van der Waals surface area contributed by atoms with Gasteiger partial charge in [0.25, 0.3) is 0 Å². The number of allylic oxidation sites excluding steroid dienone is 1. The Labute approximate surface area is 141 Å². The highest BCUT2D eigenvalue weighted by Crippen LogP contribution is 2.35. The highest BCUT2D eigenvalue weighted by Gasteiger charge is 2.34. The molecule has 0 bridgehead atoms. The maximum atomic E-state index is 12.5. The number of esters is 1. The van der Waals surface area contributed by atoms with Crippen LogP contribution in [-0.4, -0.2) is 32.8 Å². The third kappa shape index (κ3) is 2.89. The largest absolute Gasteiger partial charge is 0.458 e. The first-order chi connectivity index (χ1) is 11.1. The van der Waals surface area contributed by atoms with Crippen LogP contribution in [0.2, 0.25) is 0 Å². The second-order valence-electron chi connectivity index (χ2n) is 4.96. The average Bonchev–Trinajstić information content (AvgIpc) is 2.99. The van der Waals surface area contributed by atoms with Crippen molar-refractivity contribution in [1.82, 2.24) is 20.2 Å². The molecule has 0 spiro atoms. The van der Waals surface area contributed by atoms with E-state index < -0.39 is 12.0 Å². The minimum atomic E-state index is -0.462. The van der Waals surface area contributed by atoms with Gasteiger partial charge in [-0.15, -0.1) is 0 Å². The fourth-order valence-corrected chi connectivity index (χ4v) is 2.89. The monoisotopic (exact) mass is 375 g/mol. The van der Waals surface area contributed by atoms with Gasteiger partial charge in [-0.3, -0.25) is 0 Å². The van der Waals surface area contributed by atoms with E-state index in [1.807, 2.05) is 24.3 Å². The van der Waals surface area contributed by atoms with Crippen LogP contribution in [0.25, 0.3) is 0 Å². The van der Waals surface area contributed by atoms with Crippen LogP contribution in [0.5, 0.6) is 0 Å². The van der Waals surface area contributed by atoms with Crippen molar-refractivity contribution in [2.45, 2.75) is 13.0 Å². The Balaban J connectivity index is 2.10. The van der Waals surface area contributed by atoms with E-state index in [0.29, 0.717) is 17.2 Å². The van der Waals surface area contributed by atoms with Crippen LogP contribution in [0.4, 0.5) is 5.95 Å². The summed E-state index contributed by atoms with van der Waals surface area (Å²) in [6, 6.07) is 7.19. The first-order valence-corrected chi connectivity index (χ1v) is 7.70. The van der Waals surface area contributed by atoms with Crippen molar-refractivity contribution < 1.29 is 9.53 Å². The van der Waals surface area contributed by atoms with Crippen molar-refractivity contribution in [3.8, 4) is 0 Å². The van der Waals surface area contributed by atoms with Gasteiger partial charge in [0.05, 0.1) is 5.57 Å². The number of rotatable bonds is 4. The quantitative estimate of drug-likeness (QED) is 0.652. The lowest BCUT2D eigenvalue weighted by atomic mass is 9.96. The zero-order chi connectivity index (χ0) is 16.4. The Morgan fingerprint density at radius 1 is 1.57 bits per heavy atom. The maximum Gasteiger partial charge on any atom is 0.338 e. The van der Waals surface area contributed by atoms with Crippen molar-refractivity contribution in [3.63, 3.8) is 0 Å². The Hall–Kier alpha value is -2.48. The second kappa shape index (κ2) is 6.33. The summed E-state index contributed by atoms with van der Waals surface area (Å²) >= 11 is 3.45. The van der Waals surface area contributed by atoms with E-state index in [1.165, 1.54) is 6.08 Å². The molecule has 0 amide bonds. The molecule has 3 rings (SSSR count). The number of hydrogen-bond donors (Lipinski definition) is 1. The Morgan fingerprint density at radius 3 is 3.13 bits per heavy atom. The predicted molar refractivity (Wildman–Crippen MR) is 87.6 cm³/mol. The normalized spacial score (nSPS) is 16.5. The van der Waals surface area contributed by atoms with Crippen LogP contribution in [0.15, 0.2) is 52.7 Å². The molecule has 23 heavy (non-hydrogen) atoms. The Morgan fingerprint density at radius 2 is 2.39 bits per heavy atom. The average molecular weight is 376 g/mol. The van der Waals surface area contributed by atoms with Gasteiger partial charge in [-0.2, -0.15) is 4.68 Å². The van der Waals surface area contributed by atoms with E-state index in [9.17, 15) is 4.79 Å². The molecule has 0 saturated heterocycles. The SMILES string of the molecule is C=CCOC(=O)C1=C(C)Nc2nnnn2C1c1cccc(Br)c1. The van der Waals surface area contributed by atoms with Gasteiger partial charge < -0.3 is 10.1 Å². The lowest BCUT2D eigenvalue weighted by Crippen LogP contribution is -2.29. The minimum absolute atomic E-state index is 0.142. The van der Waals surface area contributed by atoms with Crippen molar-refractivity contribution in [3.05, 3.63) is 58.2 Å². The zero-order valence-electron chi connectivity index (χ0n) is 12.4. The Kier molecular flexibility index (Phi) is 4.24. The highest BCUT2D eigenvalue weighted by molar-refractivity contribution is 9.10. The third-order valence-electron chi connectivity index (χ3n) is 3.43. The number of tetrazole rings is 1.